The Kier molecular flexibility index (Phi) is 37.3. The number of hydrogen-bond acceptors (Lipinski definition) is 3. The van der Waals surface area contributed by atoms with Gasteiger partial charge in [-0.3, -0.25) is 0 Å². The average molecular weight is 643 g/mol. The maximum absolute atomic E-state index is 11.1. The van der Waals surface area contributed by atoms with Crippen LogP contribution < -0.4 is 5.32 Å². The number of rotatable bonds is 36. The average Bonchev–Trinajstić information content (AvgIpc) is 3.05. The van der Waals surface area contributed by atoms with Gasteiger partial charge in [-0.15, -0.1) is 0 Å². The molecule has 0 spiro atoms. The molecule has 2 unspecified atom stereocenters. The zero-order chi connectivity index (χ0) is 33.6. The van der Waals surface area contributed by atoms with Crippen molar-refractivity contribution >= 4 is 0 Å². The lowest BCUT2D eigenvalue weighted by Gasteiger charge is -2.24. The minimum Gasteiger partial charge on any atom is -0.393 e. The number of aliphatic hydroxyl groups excluding tert-OH is 1. The van der Waals surface area contributed by atoms with E-state index in [0.717, 1.165) is 45.3 Å². The molecule has 2 atom stereocenters. The third-order valence-electron chi connectivity index (χ3n) is 9.16. The molecule has 0 bridgehead atoms. The summed E-state index contributed by atoms with van der Waals surface area (Å²) >= 11 is 0. The largest absolute Gasteiger partial charge is 0.393 e. The van der Waals surface area contributed by atoms with Crippen LogP contribution in [0.3, 0.4) is 0 Å². The van der Waals surface area contributed by atoms with E-state index in [0.29, 0.717) is 5.92 Å². The fraction of sp³-hybridized carbons (Fsp3) is 0.814. The predicted octanol–water partition coefficient (Wildman–Crippen LogP) is 12.5. The summed E-state index contributed by atoms with van der Waals surface area (Å²) in [7, 11) is 4.26. The first kappa shape index (κ1) is 44.8. The summed E-state index contributed by atoms with van der Waals surface area (Å²) in [5.74, 6) is 0.394. The van der Waals surface area contributed by atoms with Gasteiger partial charge < -0.3 is 15.3 Å². The number of likely N-dealkylation sites (N-methyl/N-ethyl adjacent to an activating group) is 1. The predicted molar refractivity (Wildman–Crippen MR) is 209 cm³/mol. The first-order valence-electron chi connectivity index (χ1n) is 20.2. The smallest absolute Gasteiger partial charge is 0.0580 e. The summed E-state index contributed by atoms with van der Waals surface area (Å²) in [5, 5.41) is 14.7. The van der Waals surface area contributed by atoms with Gasteiger partial charge in [-0.25, -0.2) is 0 Å². The van der Waals surface area contributed by atoms with Crippen molar-refractivity contribution in [3.05, 3.63) is 48.6 Å². The Labute approximate surface area is 289 Å². The third kappa shape index (κ3) is 35.7. The Balaban J connectivity index is 3.96. The van der Waals surface area contributed by atoms with E-state index < -0.39 is 0 Å². The van der Waals surface area contributed by atoms with Crippen LogP contribution >= 0.6 is 0 Å². The molecule has 3 nitrogen and oxygen atoms in total. The van der Waals surface area contributed by atoms with Crippen molar-refractivity contribution in [2.75, 3.05) is 33.7 Å². The van der Waals surface area contributed by atoms with E-state index in [1.807, 2.05) is 0 Å². The lowest BCUT2D eigenvalue weighted by Crippen LogP contribution is -2.35. The van der Waals surface area contributed by atoms with Crippen LogP contribution in [0.4, 0.5) is 0 Å². The van der Waals surface area contributed by atoms with Crippen molar-refractivity contribution in [3.63, 3.8) is 0 Å². The highest BCUT2D eigenvalue weighted by molar-refractivity contribution is 4.93. The number of allylic oxidation sites excluding steroid dienone is 8. The second-order valence-electron chi connectivity index (χ2n) is 14.1. The van der Waals surface area contributed by atoms with Gasteiger partial charge in [-0.2, -0.15) is 0 Å². The van der Waals surface area contributed by atoms with Gasteiger partial charge in [0.2, 0.25) is 0 Å². The molecule has 46 heavy (non-hydrogen) atoms. The molecule has 270 valence electrons. The molecule has 0 rings (SSSR count). The molecule has 0 saturated carbocycles. The van der Waals surface area contributed by atoms with Gasteiger partial charge in [-0.05, 0) is 97.1 Å². The quantitative estimate of drug-likeness (QED) is 0.0527. The van der Waals surface area contributed by atoms with E-state index in [9.17, 15) is 5.11 Å². The summed E-state index contributed by atoms with van der Waals surface area (Å²) in [6.45, 7) is 7.55. The normalized spacial score (nSPS) is 13.9. The summed E-state index contributed by atoms with van der Waals surface area (Å²) in [5.41, 5.74) is 0. The summed E-state index contributed by atoms with van der Waals surface area (Å²) < 4.78 is 0. The van der Waals surface area contributed by atoms with Crippen LogP contribution in [0.25, 0.3) is 0 Å². The molecule has 0 aromatic heterocycles. The van der Waals surface area contributed by atoms with Gasteiger partial charge in [0.15, 0.2) is 0 Å². The maximum Gasteiger partial charge on any atom is 0.0580 e. The van der Waals surface area contributed by atoms with E-state index in [1.165, 1.54) is 141 Å². The molecule has 0 radical (unpaired) electrons. The van der Waals surface area contributed by atoms with Crippen molar-refractivity contribution in [2.45, 2.75) is 187 Å². The number of nitrogens with one attached hydrogen (secondary N) is 1. The molecular weight excluding hydrogens is 560 g/mol. The van der Waals surface area contributed by atoms with Gasteiger partial charge in [0, 0.05) is 19.6 Å². The monoisotopic (exact) mass is 643 g/mol. The van der Waals surface area contributed by atoms with Crippen molar-refractivity contribution in [1.29, 1.82) is 0 Å². The third-order valence-corrected chi connectivity index (χ3v) is 9.16. The number of hydrogen-bond donors (Lipinski definition) is 2. The number of nitrogens with zero attached hydrogens (tertiary/aromatic N) is 1. The molecule has 3 heteroatoms. The van der Waals surface area contributed by atoms with Gasteiger partial charge in [0.1, 0.15) is 0 Å². The molecule has 0 amide bonds. The summed E-state index contributed by atoms with van der Waals surface area (Å²) in [4.78, 5) is 2.23. The minimum absolute atomic E-state index is 0.157. The summed E-state index contributed by atoms with van der Waals surface area (Å²) in [6, 6.07) is 0. The second kappa shape index (κ2) is 38.3. The van der Waals surface area contributed by atoms with Crippen LogP contribution in [0.5, 0.6) is 0 Å². The van der Waals surface area contributed by atoms with Crippen LogP contribution in [0.2, 0.25) is 0 Å². The van der Waals surface area contributed by atoms with Crippen LogP contribution in [0, 0.1) is 5.92 Å². The summed E-state index contributed by atoms with van der Waals surface area (Å²) in [6.07, 6.45) is 51.5. The van der Waals surface area contributed by atoms with Crippen molar-refractivity contribution in [2.24, 2.45) is 5.92 Å². The standard InChI is InChI=1S/C43H82N2O/c1-5-7-9-11-13-15-17-19-21-23-25-27-29-31-33-35-37-42(41-44-39-40-45(3)4)43(46)38-36-34-32-30-28-26-24-22-20-18-16-14-12-10-8-6-2/h13-16,19-22,42-44,46H,5-12,17-18,23-41H2,1-4H3/b15-13-,16-14-,21-19-,22-20-. The highest BCUT2D eigenvalue weighted by Gasteiger charge is 2.18. The van der Waals surface area contributed by atoms with E-state index >= 15 is 0 Å². The molecule has 0 aliphatic heterocycles. The van der Waals surface area contributed by atoms with Gasteiger partial charge >= 0.3 is 0 Å². The van der Waals surface area contributed by atoms with Crippen LogP contribution in [-0.4, -0.2) is 49.8 Å². The molecule has 0 heterocycles. The molecule has 0 aliphatic rings. The maximum atomic E-state index is 11.1. The van der Waals surface area contributed by atoms with Crippen molar-refractivity contribution in [1.82, 2.24) is 10.2 Å². The van der Waals surface area contributed by atoms with Crippen LogP contribution in [0.15, 0.2) is 48.6 Å². The van der Waals surface area contributed by atoms with E-state index in [1.54, 1.807) is 0 Å². The van der Waals surface area contributed by atoms with Crippen molar-refractivity contribution < 1.29 is 5.11 Å². The molecular formula is C43H82N2O. The SMILES string of the molecule is CCCCC/C=C\C/C=C\CCCCCCCCC(O)C(CCCCCCCC/C=C\C/C=C\CCCCC)CNCCN(C)C. The highest BCUT2D eigenvalue weighted by Crippen LogP contribution is 2.20. The molecule has 0 saturated heterocycles. The molecule has 0 fully saturated rings. The first-order chi connectivity index (χ1) is 22.6. The Morgan fingerprint density at radius 1 is 0.500 bits per heavy atom. The van der Waals surface area contributed by atoms with Gasteiger partial charge in [0.25, 0.3) is 0 Å². The Morgan fingerprint density at radius 2 is 0.891 bits per heavy atom. The minimum atomic E-state index is -0.157. The zero-order valence-corrected chi connectivity index (χ0v) is 31.7. The Bertz CT molecular complexity index is 695. The van der Waals surface area contributed by atoms with E-state index in [-0.39, 0.29) is 6.10 Å². The fourth-order valence-electron chi connectivity index (χ4n) is 5.99. The molecule has 2 N–H and O–H groups in total. The molecule has 0 aromatic rings. The van der Waals surface area contributed by atoms with Crippen LogP contribution in [0.1, 0.15) is 181 Å². The Morgan fingerprint density at radius 3 is 1.33 bits per heavy atom. The van der Waals surface area contributed by atoms with Gasteiger partial charge in [0.05, 0.1) is 6.10 Å². The topological polar surface area (TPSA) is 35.5 Å². The van der Waals surface area contributed by atoms with E-state index in [2.05, 4.69) is 86.8 Å². The van der Waals surface area contributed by atoms with Crippen LogP contribution in [-0.2, 0) is 0 Å². The fourth-order valence-corrected chi connectivity index (χ4v) is 5.99. The van der Waals surface area contributed by atoms with E-state index in [4.69, 9.17) is 0 Å². The number of unbranched alkanes of at least 4 members (excludes halogenated alkanes) is 18. The second-order valence-corrected chi connectivity index (χ2v) is 14.1. The highest BCUT2D eigenvalue weighted by atomic mass is 16.3. The lowest BCUT2D eigenvalue weighted by atomic mass is 9.91. The number of aliphatic hydroxyl groups is 1. The van der Waals surface area contributed by atoms with Gasteiger partial charge in [-0.1, -0.05) is 152 Å². The lowest BCUT2D eigenvalue weighted by molar-refractivity contribution is 0.0885. The molecule has 0 aromatic carbocycles. The zero-order valence-electron chi connectivity index (χ0n) is 31.7. The first-order valence-corrected chi connectivity index (χ1v) is 20.2. The molecule has 0 aliphatic carbocycles. The van der Waals surface area contributed by atoms with Crippen molar-refractivity contribution in [3.8, 4) is 0 Å². The Hall–Kier alpha value is -1.16.